The van der Waals surface area contributed by atoms with Crippen LogP contribution in [0.5, 0.6) is 5.75 Å². The summed E-state index contributed by atoms with van der Waals surface area (Å²) in [6, 6.07) is 16.4. The fourth-order valence-corrected chi connectivity index (χ4v) is 3.29. The topological polar surface area (TPSA) is 58.6 Å². The zero-order valence-corrected chi connectivity index (χ0v) is 17.8. The van der Waals surface area contributed by atoms with Gasteiger partial charge in [-0.1, -0.05) is 54.9 Å². The molecule has 2 rings (SSSR count). The number of amides is 2. The SMILES string of the molecule is CCNC(=O)C(CC)N(Cc1ccccc1Cl)C(=O)CCCOc1ccccc1. The number of carbonyl (C=O) groups is 2. The second-order valence-corrected chi connectivity index (χ2v) is 7.10. The Morgan fingerprint density at radius 2 is 1.76 bits per heavy atom. The molecule has 1 atom stereocenters. The average Bonchev–Trinajstić information content (AvgIpc) is 2.73. The number of nitrogens with zero attached hydrogens (tertiary/aromatic N) is 1. The van der Waals surface area contributed by atoms with E-state index in [9.17, 15) is 9.59 Å². The number of nitrogens with one attached hydrogen (secondary N) is 1. The summed E-state index contributed by atoms with van der Waals surface area (Å²) < 4.78 is 5.68. The van der Waals surface area contributed by atoms with Crippen LogP contribution in [-0.2, 0) is 16.1 Å². The minimum atomic E-state index is -0.534. The average molecular weight is 417 g/mol. The lowest BCUT2D eigenvalue weighted by atomic mass is 10.1. The second kappa shape index (κ2) is 12.1. The number of benzene rings is 2. The van der Waals surface area contributed by atoms with Gasteiger partial charge in [-0.3, -0.25) is 9.59 Å². The van der Waals surface area contributed by atoms with Crippen molar-refractivity contribution in [2.45, 2.75) is 45.7 Å². The van der Waals surface area contributed by atoms with Gasteiger partial charge in [0.15, 0.2) is 0 Å². The lowest BCUT2D eigenvalue weighted by Gasteiger charge is -2.31. The van der Waals surface area contributed by atoms with E-state index in [0.29, 0.717) is 44.0 Å². The number of para-hydroxylation sites is 1. The van der Waals surface area contributed by atoms with Gasteiger partial charge in [0, 0.05) is 24.5 Å². The van der Waals surface area contributed by atoms with Crippen LogP contribution in [0.25, 0.3) is 0 Å². The molecule has 0 saturated carbocycles. The Morgan fingerprint density at radius 1 is 1.07 bits per heavy atom. The van der Waals surface area contributed by atoms with E-state index in [-0.39, 0.29) is 11.8 Å². The maximum absolute atomic E-state index is 13.0. The van der Waals surface area contributed by atoms with E-state index in [1.54, 1.807) is 11.0 Å². The van der Waals surface area contributed by atoms with Crippen molar-refractivity contribution in [3.05, 3.63) is 65.2 Å². The smallest absolute Gasteiger partial charge is 0.242 e. The Hall–Kier alpha value is -2.53. The van der Waals surface area contributed by atoms with Gasteiger partial charge in [-0.05, 0) is 43.5 Å². The fraction of sp³-hybridized carbons (Fsp3) is 0.391. The molecule has 2 amide bonds. The first-order chi connectivity index (χ1) is 14.1. The van der Waals surface area contributed by atoms with Gasteiger partial charge in [0.2, 0.25) is 11.8 Å². The van der Waals surface area contributed by atoms with Crippen LogP contribution in [0.2, 0.25) is 5.02 Å². The predicted molar refractivity (Wildman–Crippen MR) is 116 cm³/mol. The number of rotatable bonds is 11. The number of ether oxygens (including phenoxy) is 1. The van der Waals surface area contributed by atoms with Crippen LogP contribution in [0.1, 0.15) is 38.7 Å². The largest absolute Gasteiger partial charge is 0.494 e. The molecule has 2 aromatic carbocycles. The number of carbonyl (C=O) groups excluding carboxylic acids is 2. The summed E-state index contributed by atoms with van der Waals surface area (Å²) in [6.45, 7) is 5.03. The molecule has 0 radical (unpaired) electrons. The van der Waals surface area contributed by atoms with Gasteiger partial charge in [0.25, 0.3) is 0 Å². The van der Waals surface area contributed by atoms with Crippen LogP contribution in [0.15, 0.2) is 54.6 Å². The van der Waals surface area contributed by atoms with Crippen molar-refractivity contribution in [3.8, 4) is 5.75 Å². The summed E-state index contributed by atoms with van der Waals surface area (Å²) in [5, 5.41) is 3.42. The molecule has 2 aromatic rings. The van der Waals surface area contributed by atoms with E-state index in [2.05, 4.69) is 5.32 Å². The molecule has 0 aliphatic carbocycles. The Kier molecular flexibility index (Phi) is 9.51. The molecule has 1 N–H and O–H groups in total. The van der Waals surface area contributed by atoms with Crippen LogP contribution in [-0.4, -0.2) is 35.9 Å². The van der Waals surface area contributed by atoms with Crippen LogP contribution in [0.4, 0.5) is 0 Å². The lowest BCUT2D eigenvalue weighted by Crippen LogP contribution is -2.49. The highest BCUT2D eigenvalue weighted by Crippen LogP contribution is 2.20. The second-order valence-electron chi connectivity index (χ2n) is 6.70. The standard InChI is InChI=1S/C23H29ClN2O3/c1-3-21(23(28)25-4-2)26(17-18-11-8-9-14-20(18)24)22(27)15-10-16-29-19-12-6-5-7-13-19/h5-9,11-14,21H,3-4,10,15-17H2,1-2H3,(H,25,28). The number of hydrogen-bond acceptors (Lipinski definition) is 3. The Labute approximate surface area is 178 Å². The minimum Gasteiger partial charge on any atom is -0.494 e. The van der Waals surface area contributed by atoms with Crippen LogP contribution in [0.3, 0.4) is 0 Å². The quantitative estimate of drug-likeness (QED) is 0.551. The Bertz CT molecular complexity index is 783. The molecule has 0 heterocycles. The molecule has 0 fully saturated rings. The third-order valence-electron chi connectivity index (χ3n) is 4.58. The zero-order valence-electron chi connectivity index (χ0n) is 17.1. The van der Waals surface area contributed by atoms with Crippen LogP contribution < -0.4 is 10.1 Å². The summed E-state index contributed by atoms with van der Waals surface area (Å²) in [7, 11) is 0. The first kappa shape index (κ1) is 22.8. The molecule has 156 valence electrons. The maximum atomic E-state index is 13.0. The van der Waals surface area contributed by atoms with Crippen molar-refractivity contribution < 1.29 is 14.3 Å². The summed E-state index contributed by atoms with van der Waals surface area (Å²) in [5.74, 6) is 0.553. The zero-order chi connectivity index (χ0) is 21.1. The van der Waals surface area contributed by atoms with Gasteiger partial charge in [-0.25, -0.2) is 0 Å². The summed E-state index contributed by atoms with van der Waals surface area (Å²) in [4.78, 5) is 27.2. The van der Waals surface area contributed by atoms with Gasteiger partial charge in [0.1, 0.15) is 11.8 Å². The van der Waals surface area contributed by atoms with Crippen molar-refractivity contribution in [1.82, 2.24) is 10.2 Å². The van der Waals surface area contributed by atoms with Gasteiger partial charge in [0.05, 0.1) is 6.61 Å². The van der Waals surface area contributed by atoms with Crippen molar-refractivity contribution in [2.24, 2.45) is 0 Å². The van der Waals surface area contributed by atoms with Crippen LogP contribution >= 0.6 is 11.6 Å². The predicted octanol–water partition coefficient (Wildman–Crippen LogP) is 4.44. The highest BCUT2D eigenvalue weighted by molar-refractivity contribution is 6.31. The van der Waals surface area contributed by atoms with E-state index in [4.69, 9.17) is 16.3 Å². The molecule has 5 nitrogen and oxygen atoms in total. The Morgan fingerprint density at radius 3 is 2.41 bits per heavy atom. The maximum Gasteiger partial charge on any atom is 0.242 e. The fourth-order valence-electron chi connectivity index (χ4n) is 3.10. The summed E-state index contributed by atoms with van der Waals surface area (Å²) in [6.07, 6.45) is 1.40. The molecule has 0 aliphatic rings. The summed E-state index contributed by atoms with van der Waals surface area (Å²) >= 11 is 6.30. The molecule has 0 aliphatic heterocycles. The van der Waals surface area contributed by atoms with Crippen molar-refractivity contribution >= 4 is 23.4 Å². The van der Waals surface area contributed by atoms with Crippen molar-refractivity contribution in [2.75, 3.05) is 13.2 Å². The van der Waals surface area contributed by atoms with Crippen molar-refractivity contribution in [3.63, 3.8) is 0 Å². The number of halogens is 1. The lowest BCUT2D eigenvalue weighted by molar-refractivity contribution is -0.141. The van der Waals surface area contributed by atoms with Gasteiger partial charge in [-0.15, -0.1) is 0 Å². The first-order valence-corrected chi connectivity index (χ1v) is 10.4. The molecule has 0 saturated heterocycles. The normalized spacial score (nSPS) is 11.6. The molecule has 6 heteroatoms. The molecular formula is C23H29ClN2O3. The van der Waals surface area contributed by atoms with E-state index < -0.39 is 6.04 Å². The first-order valence-electron chi connectivity index (χ1n) is 10.0. The molecule has 0 spiro atoms. The molecular weight excluding hydrogens is 388 g/mol. The minimum absolute atomic E-state index is 0.0836. The third kappa shape index (κ3) is 7.09. The number of likely N-dealkylation sites (N-methyl/N-ethyl adjacent to an activating group) is 1. The van der Waals surface area contributed by atoms with E-state index in [1.165, 1.54) is 0 Å². The third-order valence-corrected chi connectivity index (χ3v) is 4.95. The van der Waals surface area contributed by atoms with E-state index in [0.717, 1.165) is 11.3 Å². The van der Waals surface area contributed by atoms with Gasteiger partial charge in [-0.2, -0.15) is 0 Å². The molecule has 0 aromatic heterocycles. The molecule has 1 unspecified atom stereocenters. The van der Waals surface area contributed by atoms with E-state index in [1.807, 2.05) is 62.4 Å². The van der Waals surface area contributed by atoms with E-state index >= 15 is 0 Å². The van der Waals surface area contributed by atoms with Gasteiger partial charge >= 0.3 is 0 Å². The molecule has 29 heavy (non-hydrogen) atoms. The highest BCUT2D eigenvalue weighted by Gasteiger charge is 2.28. The molecule has 0 bridgehead atoms. The number of hydrogen-bond donors (Lipinski definition) is 1. The Balaban J connectivity index is 2.05. The van der Waals surface area contributed by atoms with Crippen molar-refractivity contribution in [1.29, 1.82) is 0 Å². The monoisotopic (exact) mass is 416 g/mol. The summed E-state index contributed by atoms with van der Waals surface area (Å²) in [5.41, 5.74) is 0.825. The highest BCUT2D eigenvalue weighted by atomic mass is 35.5. The van der Waals surface area contributed by atoms with Crippen LogP contribution in [0, 0.1) is 0 Å². The van der Waals surface area contributed by atoms with Gasteiger partial charge < -0.3 is 15.0 Å².